The summed E-state index contributed by atoms with van der Waals surface area (Å²) in [6, 6.07) is 0. The van der Waals surface area contributed by atoms with Gasteiger partial charge in [0.2, 0.25) is 0 Å². The molecule has 0 aromatic carbocycles. The van der Waals surface area contributed by atoms with Crippen molar-refractivity contribution in [2.45, 2.75) is 20.8 Å². The molecule has 0 fully saturated rings. The molecule has 0 aliphatic rings. The van der Waals surface area contributed by atoms with Gasteiger partial charge in [0, 0.05) is 13.2 Å². The molecule has 0 saturated heterocycles. The van der Waals surface area contributed by atoms with E-state index in [0.29, 0.717) is 5.92 Å². The average molecular weight is 146 g/mol. The molecule has 62 valence electrons. The lowest BCUT2D eigenvalue weighted by Crippen LogP contribution is -2.24. The zero-order valence-corrected chi connectivity index (χ0v) is 7.04. The number of hydrogen-bond donors (Lipinski definition) is 2. The maximum absolute atomic E-state index is 8.89. The summed E-state index contributed by atoms with van der Waals surface area (Å²) in [5.41, 5.74) is 0. The Hall–Kier alpha value is -0.0800. The number of rotatable bonds is 4. The molecule has 0 aromatic rings. The van der Waals surface area contributed by atoms with Crippen LogP contribution in [0.5, 0.6) is 0 Å². The summed E-state index contributed by atoms with van der Waals surface area (Å²) >= 11 is 0. The van der Waals surface area contributed by atoms with E-state index in [2.05, 4.69) is 13.8 Å². The Balaban J connectivity index is 3.80. The van der Waals surface area contributed by atoms with E-state index < -0.39 is 0 Å². The minimum atomic E-state index is 0.170. The van der Waals surface area contributed by atoms with Crippen LogP contribution in [0.4, 0.5) is 0 Å². The first-order valence-electron chi connectivity index (χ1n) is 3.85. The van der Waals surface area contributed by atoms with Crippen molar-refractivity contribution in [3.05, 3.63) is 0 Å². The molecule has 0 spiro atoms. The molecule has 0 aromatic heterocycles. The van der Waals surface area contributed by atoms with Crippen molar-refractivity contribution in [2.75, 3.05) is 13.2 Å². The Morgan fingerprint density at radius 3 is 1.60 bits per heavy atom. The van der Waals surface area contributed by atoms with E-state index in [-0.39, 0.29) is 25.0 Å². The van der Waals surface area contributed by atoms with Gasteiger partial charge in [-0.3, -0.25) is 0 Å². The van der Waals surface area contributed by atoms with Crippen LogP contribution < -0.4 is 0 Å². The molecule has 0 aliphatic carbocycles. The third kappa shape index (κ3) is 2.67. The van der Waals surface area contributed by atoms with Crippen LogP contribution in [0.15, 0.2) is 0 Å². The molecule has 0 aliphatic heterocycles. The van der Waals surface area contributed by atoms with Crippen molar-refractivity contribution in [1.82, 2.24) is 0 Å². The molecular weight excluding hydrogens is 128 g/mol. The molecular formula is C8H18O2. The van der Waals surface area contributed by atoms with Crippen LogP contribution in [0, 0.1) is 17.8 Å². The second kappa shape index (κ2) is 4.69. The standard InChI is InChI=1S/C8H18O2/c1-6(2)8(5-10)7(3)4-9/h6-10H,4-5H2,1-3H3. The second-order valence-electron chi connectivity index (χ2n) is 3.25. The molecule has 0 heterocycles. The van der Waals surface area contributed by atoms with Gasteiger partial charge < -0.3 is 10.2 Å². The quantitative estimate of drug-likeness (QED) is 0.618. The normalized spacial score (nSPS) is 17.4. The van der Waals surface area contributed by atoms with Gasteiger partial charge in [-0.2, -0.15) is 0 Å². The van der Waals surface area contributed by atoms with E-state index in [0.717, 1.165) is 0 Å². The maximum Gasteiger partial charge on any atom is 0.0465 e. The summed E-state index contributed by atoms with van der Waals surface area (Å²) in [6.45, 7) is 6.43. The predicted octanol–water partition coefficient (Wildman–Crippen LogP) is 0.879. The van der Waals surface area contributed by atoms with E-state index in [1.807, 2.05) is 6.92 Å². The van der Waals surface area contributed by atoms with Crippen molar-refractivity contribution in [3.8, 4) is 0 Å². The maximum atomic E-state index is 8.89. The Bertz CT molecular complexity index is 81.3. The zero-order chi connectivity index (χ0) is 8.15. The minimum Gasteiger partial charge on any atom is -0.396 e. The van der Waals surface area contributed by atoms with Crippen LogP contribution in [0.3, 0.4) is 0 Å². The number of aliphatic hydroxyl groups is 2. The molecule has 2 unspecified atom stereocenters. The van der Waals surface area contributed by atoms with Crippen molar-refractivity contribution >= 4 is 0 Å². The Morgan fingerprint density at radius 2 is 1.50 bits per heavy atom. The number of hydrogen-bond acceptors (Lipinski definition) is 2. The smallest absolute Gasteiger partial charge is 0.0465 e. The van der Waals surface area contributed by atoms with E-state index >= 15 is 0 Å². The predicted molar refractivity (Wildman–Crippen MR) is 41.7 cm³/mol. The fraction of sp³-hybridized carbons (Fsp3) is 1.00. The first kappa shape index (κ1) is 9.92. The Morgan fingerprint density at radius 1 is 1.00 bits per heavy atom. The van der Waals surface area contributed by atoms with E-state index in [9.17, 15) is 0 Å². The molecule has 0 rings (SSSR count). The van der Waals surface area contributed by atoms with Gasteiger partial charge in [0.1, 0.15) is 0 Å². The largest absolute Gasteiger partial charge is 0.396 e. The van der Waals surface area contributed by atoms with Gasteiger partial charge >= 0.3 is 0 Å². The first-order valence-corrected chi connectivity index (χ1v) is 3.85. The molecule has 0 amide bonds. The highest BCUT2D eigenvalue weighted by Gasteiger charge is 2.18. The summed E-state index contributed by atoms with van der Waals surface area (Å²) in [6.07, 6.45) is 0. The molecule has 0 saturated carbocycles. The summed E-state index contributed by atoms with van der Waals surface area (Å²) in [7, 11) is 0. The fourth-order valence-corrected chi connectivity index (χ4v) is 1.18. The second-order valence-corrected chi connectivity index (χ2v) is 3.25. The monoisotopic (exact) mass is 146 g/mol. The molecule has 2 nitrogen and oxygen atoms in total. The van der Waals surface area contributed by atoms with Crippen molar-refractivity contribution < 1.29 is 10.2 Å². The summed E-state index contributed by atoms with van der Waals surface area (Å²) in [4.78, 5) is 0. The molecule has 10 heavy (non-hydrogen) atoms. The summed E-state index contributed by atoms with van der Waals surface area (Å²) < 4.78 is 0. The molecule has 2 atom stereocenters. The van der Waals surface area contributed by atoms with Crippen LogP contribution in [0.1, 0.15) is 20.8 Å². The van der Waals surface area contributed by atoms with Gasteiger partial charge in [0.05, 0.1) is 0 Å². The third-order valence-electron chi connectivity index (χ3n) is 2.09. The third-order valence-corrected chi connectivity index (χ3v) is 2.09. The van der Waals surface area contributed by atoms with Crippen molar-refractivity contribution in [3.63, 3.8) is 0 Å². The van der Waals surface area contributed by atoms with Gasteiger partial charge in [-0.05, 0) is 17.8 Å². The lowest BCUT2D eigenvalue weighted by molar-refractivity contribution is 0.100. The fourth-order valence-electron chi connectivity index (χ4n) is 1.18. The van der Waals surface area contributed by atoms with Crippen LogP contribution >= 0.6 is 0 Å². The van der Waals surface area contributed by atoms with Crippen molar-refractivity contribution in [2.24, 2.45) is 17.8 Å². The van der Waals surface area contributed by atoms with Gasteiger partial charge in [-0.1, -0.05) is 20.8 Å². The van der Waals surface area contributed by atoms with E-state index in [1.165, 1.54) is 0 Å². The van der Waals surface area contributed by atoms with Gasteiger partial charge in [-0.25, -0.2) is 0 Å². The van der Waals surface area contributed by atoms with Crippen LogP contribution in [-0.4, -0.2) is 23.4 Å². The van der Waals surface area contributed by atoms with Crippen LogP contribution in [0.2, 0.25) is 0 Å². The van der Waals surface area contributed by atoms with Crippen molar-refractivity contribution in [1.29, 1.82) is 0 Å². The highest BCUT2D eigenvalue weighted by atomic mass is 16.3. The lowest BCUT2D eigenvalue weighted by Gasteiger charge is -2.23. The highest BCUT2D eigenvalue weighted by Crippen LogP contribution is 2.19. The van der Waals surface area contributed by atoms with Gasteiger partial charge in [-0.15, -0.1) is 0 Å². The number of aliphatic hydroxyl groups excluding tert-OH is 2. The Kier molecular flexibility index (Phi) is 4.65. The van der Waals surface area contributed by atoms with Crippen LogP contribution in [-0.2, 0) is 0 Å². The van der Waals surface area contributed by atoms with Gasteiger partial charge in [0.25, 0.3) is 0 Å². The SMILES string of the molecule is CC(C)C(CO)C(C)CO. The lowest BCUT2D eigenvalue weighted by atomic mass is 9.86. The molecule has 0 bridgehead atoms. The van der Waals surface area contributed by atoms with E-state index in [1.54, 1.807) is 0 Å². The molecule has 2 heteroatoms. The minimum absolute atomic E-state index is 0.170. The summed E-state index contributed by atoms with van der Waals surface area (Å²) in [5.74, 6) is 0.905. The highest BCUT2D eigenvalue weighted by molar-refractivity contribution is 4.67. The zero-order valence-electron chi connectivity index (χ0n) is 7.04. The average Bonchev–Trinajstić information content (AvgIpc) is 1.88. The van der Waals surface area contributed by atoms with E-state index in [4.69, 9.17) is 10.2 Å². The molecule has 2 N–H and O–H groups in total. The van der Waals surface area contributed by atoms with Crippen LogP contribution in [0.25, 0.3) is 0 Å². The molecule has 0 radical (unpaired) electrons. The first-order chi connectivity index (χ1) is 4.63. The summed E-state index contributed by atoms with van der Waals surface area (Å²) in [5, 5.41) is 17.7. The van der Waals surface area contributed by atoms with Gasteiger partial charge in [0.15, 0.2) is 0 Å². The Labute approximate surface area is 62.9 Å². The topological polar surface area (TPSA) is 40.5 Å².